The molecule has 0 aromatic heterocycles. The van der Waals surface area contributed by atoms with Crippen molar-refractivity contribution < 1.29 is 9.47 Å². The molecule has 2 aromatic carbocycles. The molecular weight excluding hydrogens is 330 g/mol. The van der Waals surface area contributed by atoms with Gasteiger partial charge in [0.15, 0.2) is 0 Å². The molecule has 5 heteroatoms. The lowest BCUT2D eigenvalue weighted by Crippen LogP contribution is -1.97. The van der Waals surface area contributed by atoms with Crippen molar-refractivity contribution in [1.82, 2.24) is 0 Å². The molecule has 0 saturated carbocycles. The lowest BCUT2D eigenvalue weighted by atomic mass is 10.2. The van der Waals surface area contributed by atoms with E-state index in [1.54, 1.807) is 30.3 Å². The van der Waals surface area contributed by atoms with Gasteiger partial charge in [0, 0.05) is 10.5 Å². The molecule has 2 aromatic rings. The first-order valence-electron chi connectivity index (χ1n) is 5.75. The van der Waals surface area contributed by atoms with E-state index in [1.807, 2.05) is 13.0 Å². The summed E-state index contributed by atoms with van der Waals surface area (Å²) in [6.45, 7) is 2.45. The van der Waals surface area contributed by atoms with E-state index in [4.69, 9.17) is 26.8 Å². The predicted octanol–water partition coefficient (Wildman–Crippen LogP) is 4.88. The zero-order chi connectivity index (χ0) is 13.8. The Hall–Kier alpha value is -1.39. The molecule has 0 bridgehead atoms. The Labute approximate surface area is 125 Å². The van der Waals surface area contributed by atoms with Crippen molar-refractivity contribution in [3.8, 4) is 17.2 Å². The summed E-state index contributed by atoms with van der Waals surface area (Å²) < 4.78 is 12.1. The maximum absolute atomic E-state index is 6.08. The molecule has 0 radical (unpaired) electrons. The van der Waals surface area contributed by atoms with Crippen LogP contribution in [0, 0.1) is 0 Å². The van der Waals surface area contributed by atoms with Crippen LogP contribution in [0.3, 0.4) is 0 Å². The quantitative estimate of drug-likeness (QED) is 0.806. The summed E-state index contributed by atoms with van der Waals surface area (Å²) in [7, 11) is 0. The fraction of sp³-hybridized carbons (Fsp3) is 0.143. The molecule has 0 fully saturated rings. The summed E-state index contributed by atoms with van der Waals surface area (Å²) in [5.41, 5.74) is 6.39. The van der Waals surface area contributed by atoms with Gasteiger partial charge in [-0.1, -0.05) is 27.5 Å². The van der Waals surface area contributed by atoms with E-state index in [2.05, 4.69) is 15.9 Å². The average Bonchev–Trinajstić information content (AvgIpc) is 2.38. The van der Waals surface area contributed by atoms with Crippen LogP contribution in [0.5, 0.6) is 17.2 Å². The van der Waals surface area contributed by atoms with E-state index in [-0.39, 0.29) is 0 Å². The Balaban J connectivity index is 2.28. The van der Waals surface area contributed by atoms with E-state index in [0.29, 0.717) is 34.6 Å². The van der Waals surface area contributed by atoms with E-state index < -0.39 is 0 Å². The number of nitrogens with two attached hydrogens (primary N) is 1. The largest absolute Gasteiger partial charge is 0.492 e. The number of anilines is 1. The monoisotopic (exact) mass is 341 g/mol. The Morgan fingerprint density at radius 3 is 2.68 bits per heavy atom. The van der Waals surface area contributed by atoms with E-state index >= 15 is 0 Å². The number of halogens is 2. The zero-order valence-corrected chi connectivity index (χ0v) is 12.7. The van der Waals surface area contributed by atoms with Gasteiger partial charge in [-0.05, 0) is 37.3 Å². The molecule has 2 N–H and O–H groups in total. The standard InChI is InChI=1S/C14H13BrClNO2/c1-2-18-14-8-10(4-6-12(14)17)19-13-7-9(15)3-5-11(13)16/h3-8H,2,17H2,1H3. The van der Waals surface area contributed by atoms with Crippen LogP contribution in [0.15, 0.2) is 40.9 Å². The number of ether oxygens (including phenoxy) is 2. The number of rotatable bonds is 4. The average molecular weight is 343 g/mol. The van der Waals surface area contributed by atoms with Gasteiger partial charge < -0.3 is 15.2 Å². The fourth-order valence-electron chi connectivity index (χ4n) is 1.54. The lowest BCUT2D eigenvalue weighted by molar-refractivity contribution is 0.340. The predicted molar refractivity (Wildman–Crippen MR) is 81.2 cm³/mol. The molecule has 0 saturated heterocycles. The summed E-state index contributed by atoms with van der Waals surface area (Å²) >= 11 is 9.45. The van der Waals surface area contributed by atoms with E-state index in [1.165, 1.54) is 0 Å². The molecule has 0 aliphatic heterocycles. The number of nitrogen functional groups attached to an aromatic ring is 1. The van der Waals surface area contributed by atoms with Gasteiger partial charge >= 0.3 is 0 Å². The van der Waals surface area contributed by atoms with Crippen molar-refractivity contribution in [2.45, 2.75) is 6.92 Å². The van der Waals surface area contributed by atoms with Crippen molar-refractivity contribution in [2.75, 3.05) is 12.3 Å². The lowest BCUT2D eigenvalue weighted by Gasteiger charge is -2.11. The van der Waals surface area contributed by atoms with Gasteiger partial charge in [-0.2, -0.15) is 0 Å². The Morgan fingerprint density at radius 2 is 1.95 bits per heavy atom. The van der Waals surface area contributed by atoms with Gasteiger partial charge in [0.25, 0.3) is 0 Å². The molecule has 0 unspecified atom stereocenters. The first kappa shape index (κ1) is 14.0. The highest BCUT2D eigenvalue weighted by Gasteiger charge is 2.07. The van der Waals surface area contributed by atoms with Gasteiger partial charge in [-0.25, -0.2) is 0 Å². The van der Waals surface area contributed by atoms with Crippen LogP contribution in [0.1, 0.15) is 6.92 Å². The molecule has 0 aliphatic rings. The van der Waals surface area contributed by atoms with Crippen LogP contribution in [-0.2, 0) is 0 Å². The molecule has 3 nitrogen and oxygen atoms in total. The highest BCUT2D eigenvalue weighted by Crippen LogP contribution is 2.34. The molecule has 19 heavy (non-hydrogen) atoms. The van der Waals surface area contributed by atoms with Gasteiger partial charge in [0.2, 0.25) is 0 Å². The minimum Gasteiger partial charge on any atom is -0.492 e. The van der Waals surface area contributed by atoms with Gasteiger partial charge in [0.05, 0.1) is 17.3 Å². The normalized spacial score (nSPS) is 10.3. The topological polar surface area (TPSA) is 44.5 Å². The highest BCUT2D eigenvalue weighted by molar-refractivity contribution is 9.10. The third-order valence-corrected chi connectivity index (χ3v) is 3.21. The summed E-state index contributed by atoms with van der Waals surface area (Å²) in [6.07, 6.45) is 0. The van der Waals surface area contributed by atoms with Crippen LogP contribution < -0.4 is 15.2 Å². The van der Waals surface area contributed by atoms with Crippen LogP contribution >= 0.6 is 27.5 Å². The molecule has 100 valence electrons. The molecule has 0 heterocycles. The second-order valence-electron chi connectivity index (χ2n) is 3.81. The third kappa shape index (κ3) is 3.55. The summed E-state index contributed by atoms with van der Waals surface area (Å²) in [5, 5.41) is 0.540. The number of hydrogen-bond acceptors (Lipinski definition) is 3. The zero-order valence-electron chi connectivity index (χ0n) is 10.3. The second-order valence-corrected chi connectivity index (χ2v) is 5.13. The molecule has 0 atom stereocenters. The van der Waals surface area contributed by atoms with Crippen molar-refractivity contribution in [3.63, 3.8) is 0 Å². The minimum atomic E-state index is 0.540. The second kappa shape index (κ2) is 6.17. The van der Waals surface area contributed by atoms with Gasteiger partial charge in [-0.3, -0.25) is 0 Å². The van der Waals surface area contributed by atoms with E-state index in [9.17, 15) is 0 Å². The van der Waals surface area contributed by atoms with Crippen LogP contribution in [0.25, 0.3) is 0 Å². The van der Waals surface area contributed by atoms with Gasteiger partial charge in [0.1, 0.15) is 17.2 Å². The van der Waals surface area contributed by atoms with Gasteiger partial charge in [-0.15, -0.1) is 0 Å². The Bertz CT molecular complexity index is 590. The first-order valence-corrected chi connectivity index (χ1v) is 6.92. The molecule has 0 amide bonds. The Kier molecular flexibility index (Phi) is 4.56. The molecular formula is C14H13BrClNO2. The maximum atomic E-state index is 6.08. The highest BCUT2D eigenvalue weighted by atomic mass is 79.9. The SMILES string of the molecule is CCOc1cc(Oc2cc(Br)ccc2Cl)ccc1N. The molecule has 2 rings (SSSR count). The smallest absolute Gasteiger partial charge is 0.147 e. The number of benzene rings is 2. The molecule has 0 aliphatic carbocycles. The third-order valence-electron chi connectivity index (χ3n) is 2.41. The van der Waals surface area contributed by atoms with Crippen molar-refractivity contribution in [1.29, 1.82) is 0 Å². The van der Waals surface area contributed by atoms with Crippen LogP contribution in [0.4, 0.5) is 5.69 Å². The van der Waals surface area contributed by atoms with Crippen molar-refractivity contribution in [3.05, 3.63) is 45.9 Å². The van der Waals surface area contributed by atoms with Crippen LogP contribution in [0.2, 0.25) is 5.02 Å². The maximum Gasteiger partial charge on any atom is 0.147 e. The van der Waals surface area contributed by atoms with Crippen molar-refractivity contribution >= 4 is 33.2 Å². The fourth-order valence-corrected chi connectivity index (χ4v) is 2.04. The van der Waals surface area contributed by atoms with Crippen molar-refractivity contribution in [2.24, 2.45) is 0 Å². The van der Waals surface area contributed by atoms with E-state index in [0.717, 1.165) is 4.47 Å². The summed E-state index contributed by atoms with van der Waals surface area (Å²) in [5.74, 6) is 1.80. The Morgan fingerprint density at radius 1 is 1.16 bits per heavy atom. The number of hydrogen-bond donors (Lipinski definition) is 1. The summed E-state index contributed by atoms with van der Waals surface area (Å²) in [4.78, 5) is 0. The minimum absolute atomic E-state index is 0.540. The summed E-state index contributed by atoms with van der Waals surface area (Å²) in [6, 6.07) is 10.7. The first-order chi connectivity index (χ1) is 9.10. The van der Waals surface area contributed by atoms with Crippen LogP contribution in [-0.4, -0.2) is 6.61 Å². The molecule has 0 spiro atoms.